The van der Waals surface area contributed by atoms with E-state index in [1.54, 1.807) is 0 Å². The van der Waals surface area contributed by atoms with Gasteiger partial charge < -0.3 is 10.6 Å². The van der Waals surface area contributed by atoms with Crippen molar-refractivity contribution in [2.24, 2.45) is 0 Å². The zero-order chi connectivity index (χ0) is 14.1. The van der Waals surface area contributed by atoms with E-state index in [0.717, 1.165) is 16.9 Å². The zero-order valence-electron chi connectivity index (χ0n) is 11.6. The molecule has 0 saturated heterocycles. The lowest BCUT2D eigenvalue weighted by molar-refractivity contribution is 0.262. The highest BCUT2D eigenvalue weighted by Gasteiger charge is 2.01. The zero-order valence-corrected chi connectivity index (χ0v) is 11.6. The quantitative estimate of drug-likeness (QED) is 0.805. The van der Waals surface area contributed by atoms with Crippen LogP contribution >= 0.6 is 0 Å². The lowest BCUT2D eigenvalue weighted by Gasteiger charge is -2.07. The first-order chi connectivity index (χ1) is 9.24. The Morgan fingerprint density at radius 1 is 0.842 bits per heavy atom. The predicted octanol–water partition coefficient (Wildman–Crippen LogP) is 4.67. The molecule has 19 heavy (non-hydrogen) atoms. The fraction of sp³-hybridized carbons (Fsp3) is 0.188. The molecule has 0 radical (unpaired) electrons. The number of carbonyl (C=O) groups excluding carboxylic acids is 1. The Morgan fingerprint density at radius 2 is 1.42 bits per heavy atom. The minimum atomic E-state index is -0.234. The van der Waals surface area contributed by atoms with Gasteiger partial charge in [0.15, 0.2) is 0 Å². The molecule has 2 rings (SSSR count). The van der Waals surface area contributed by atoms with Crippen molar-refractivity contribution in [1.29, 1.82) is 0 Å². The molecule has 0 atom stereocenters. The standard InChI is InChI=1S/C14H14N2O.C2H6/c1-11-6-5-9-13(10-11)16-14(17)15-12-7-3-2-4-8-12;1-2/h2-10H,1H3,(H2,15,16,17);1-2H3. The fourth-order valence-electron chi connectivity index (χ4n) is 1.54. The van der Waals surface area contributed by atoms with Crippen LogP contribution in [0, 0.1) is 6.92 Å². The number of rotatable bonds is 2. The summed E-state index contributed by atoms with van der Waals surface area (Å²) in [7, 11) is 0. The maximum absolute atomic E-state index is 11.7. The van der Waals surface area contributed by atoms with Crippen LogP contribution in [0.5, 0.6) is 0 Å². The SMILES string of the molecule is CC.Cc1cccc(NC(=O)Nc2ccccc2)c1. The lowest BCUT2D eigenvalue weighted by atomic mass is 10.2. The molecule has 0 aromatic heterocycles. The van der Waals surface area contributed by atoms with Crippen molar-refractivity contribution in [1.82, 2.24) is 0 Å². The Bertz CT molecular complexity index is 509. The molecular weight excluding hydrogens is 236 g/mol. The molecular formula is C16H20N2O. The van der Waals surface area contributed by atoms with Gasteiger partial charge in [0.05, 0.1) is 0 Å². The first kappa shape index (κ1) is 14.8. The third-order valence-corrected chi connectivity index (χ3v) is 2.31. The number of hydrogen-bond acceptors (Lipinski definition) is 1. The number of urea groups is 1. The minimum absolute atomic E-state index is 0.234. The summed E-state index contributed by atoms with van der Waals surface area (Å²) < 4.78 is 0. The van der Waals surface area contributed by atoms with Crippen LogP contribution in [0.25, 0.3) is 0 Å². The predicted molar refractivity (Wildman–Crippen MR) is 81.6 cm³/mol. The number of amides is 2. The molecule has 0 heterocycles. The Balaban J connectivity index is 0.000000861. The monoisotopic (exact) mass is 256 g/mol. The van der Waals surface area contributed by atoms with E-state index in [1.165, 1.54) is 0 Å². The Kier molecular flexibility index (Phi) is 6.16. The summed E-state index contributed by atoms with van der Waals surface area (Å²) in [6, 6.07) is 16.8. The van der Waals surface area contributed by atoms with E-state index in [-0.39, 0.29) is 6.03 Å². The lowest BCUT2D eigenvalue weighted by Crippen LogP contribution is -2.19. The second kappa shape index (κ2) is 7.93. The molecule has 0 fully saturated rings. The van der Waals surface area contributed by atoms with E-state index in [4.69, 9.17) is 0 Å². The van der Waals surface area contributed by atoms with Gasteiger partial charge in [-0.05, 0) is 36.8 Å². The van der Waals surface area contributed by atoms with Crippen LogP contribution in [0.4, 0.5) is 16.2 Å². The van der Waals surface area contributed by atoms with Gasteiger partial charge in [-0.3, -0.25) is 0 Å². The topological polar surface area (TPSA) is 41.1 Å². The summed E-state index contributed by atoms with van der Waals surface area (Å²) in [5, 5.41) is 5.54. The van der Waals surface area contributed by atoms with Crippen LogP contribution in [0.3, 0.4) is 0 Å². The van der Waals surface area contributed by atoms with Crippen LogP contribution in [0.2, 0.25) is 0 Å². The second-order valence-electron chi connectivity index (χ2n) is 3.81. The average molecular weight is 256 g/mol. The minimum Gasteiger partial charge on any atom is -0.308 e. The Hall–Kier alpha value is -2.29. The van der Waals surface area contributed by atoms with Crippen molar-refractivity contribution in [3.05, 3.63) is 60.2 Å². The number of benzene rings is 2. The molecule has 100 valence electrons. The maximum Gasteiger partial charge on any atom is 0.323 e. The molecule has 0 bridgehead atoms. The van der Waals surface area contributed by atoms with Gasteiger partial charge in [-0.1, -0.05) is 44.2 Å². The maximum atomic E-state index is 11.7. The first-order valence-corrected chi connectivity index (χ1v) is 6.44. The van der Waals surface area contributed by atoms with Crippen molar-refractivity contribution in [3.63, 3.8) is 0 Å². The highest BCUT2D eigenvalue weighted by molar-refractivity contribution is 5.99. The van der Waals surface area contributed by atoms with Gasteiger partial charge in [0.1, 0.15) is 0 Å². The molecule has 0 spiro atoms. The third-order valence-electron chi connectivity index (χ3n) is 2.31. The summed E-state index contributed by atoms with van der Waals surface area (Å²) in [4.78, 5) is 11.7. The van der Waals surface area contributed by atoms with Crippen LogP contribution in [-0.2, 0) is 0 Å². The largest absolute Gasteiger partial charge is 0.323 e. The van der Waals surface area contributed by atoms with Crippen molar-refractivity contribution < 1.29 is 4.79 Å². The van der Waals surface area contributed by atoms with Crippen LogP contribution in [-0.4, -0.2) is 6.03 Å². The Labute approximate surface area is 114 Å². The molecule has 0 saturated carbocycles. The average Bonchev–Trinajstić information content (AvgIpc) is 2.42. The first-order valence-electron chi connectivity index (χ1n) is 6.44. The molecule has 3 heteroatoms. The summed E-state index contributed by atoms with van der Waals surface area (Å²) in [5.41, 5.74) is 2.68. The molecule has 2 amide bonds. The van der Waals surface area contributed by atoms with Crippen LogP contribution in [0.15, 0.2) is 54.6 Å². The number of nitrogens with one attached hydrogen (secondary N) is 2. The Morgan fingerprint density at radius 3 is 2.05 bits per heavy atom. The van der Waals surface area contributed by atoms with E-state index >= 15 is 0 Å². The molecule has 2 aromatic carbocycles. The number of carbonyl (C=O) groups is 1. The van der Waals surface area contributed by atoms with Gasteiger partial charge in [-0.15, -0.1) is 0 Å². The number of hydrogen-bond donors (Lipinski definition) is 2. The van der Waals surface area contributed by atoms with Gasteiger partial charge >= 0.3 is 6.03 Å². The van der Waals surface area contributed by atoms with E-state index in [9.17, 15) is 4.79 Å². The summed E-state index contributed by atoms with van der Waals surface area (Å²) in [6.07, 6.45) is 0. The van der Waals surface area contributed by atoms with E-state index in [2.05, 4.69) is 10.6 Å². The smallest absolute Gasteiger partial charge is 0.308 e. The number of para-hydroxylation sites is 1. The van der Waals surface area contributed by atoms with Crippen LogP contribution in [0.1, 0.15) is 19.4 Å². The molecule has 0 aliphatic heterocycles. The molecule has 0 aliphatic carbocycles. The normalized spacial score (nSPS) is 9.00. The van der Waals surface area contributed by atoms with E-state index in [1.807, 2.05) is 75.4 Å². The fourth-order valence-corrected chi connectivity index (χ4v) is 1.54. The highest BCUT2D eigenvalue weighted by atomic mass is 16.2. The summed E-state index contributed by atoms with van der Waals surface area (Å²) >= 11 is 0. The van der Waals surface area contributed by atoms with Crippen molar-refractivity contribution in [3.8, 4) is 0 Å². The third kappa shape index (κ3) is 5.25. The van der Waals surface area contributed by atoms with Crippen LogP contribution < -0.4 is 10.6 Å². The van der Waals surface area contributed by atoms with Gasteiger partial charge in [0, 0.05) is 11.4 Å². The van der Waals surface area contributed by atoms with Crippen molar-refractivity contribution >= 4 is 17.4 Å². The molecule has 0 aliphatic rings. The summed E-state index contributed by atoms with van der Waals surface area (Å²) in [6.45, 7) is 5.99. The van der Waals surface area contributed by atoms with Crippen molar-refractivity contribution in [2.75, 3.05) is 10.6 Å². The molecule has 0 unspecified atom stereocenters. The van der Waals surface area contributed by atoms with Gasteiger partial charge in [0.25, 0.3) is 0 Å². The van der Waals surface area contributed by atoms with Gasteiger partial charge in [-0.25, -0.2) is 4.79 Å². The second-order valence-corrected chi connectivity index (χ2v) is 3.81. The molecule has 3 nitrogen and oxygen atoms in total. The number of aryl methyl sites for hydroxylation is 1. The number of anilines is 2. The highest BCUT2D eigenvalue weighted by Crippen LogP contribution is 2.11. The van der Waals surface area contributed by atoms with Crippen molar-refractivity contribution in [2.45, 2.75) is 20.8 Å². The van der Waals surface area contributed by atoms with Gasteiger partial charge in [0.2, 0.25) is 0 Å². The summed E-state index contributed by atoms with van der Waals surface area (Å²) in [5.74, 6) is 0. The van der Waals surface area contributed by atoms with E-state index in [0.29, 0.717) is 0 Å². The van der Waals surface area contributed by atoms with E-state index < -0.39 is 0 Å². The molecule has 2 N–H and O–H groups in total. The van der Waals surface area contributed by atoms with Gasteiger partial charge in [-0.2, -0.15) is 0 Å². The molecule has 2 aromatic rings.